The molecule has 0 bridgehead atoms. The molecular formula is C15H22ClN5O2. The van der Waals surface area contributed by atoms with Gasteiger partial charge in [-0.3, -0.25) is 4.79 Å². The van der Waals surface area contributed by atoms with Crippen molar-refractivity contribution in [2.24, 2.45) is 5.73 Å². The van der Waals surface area contributed by atoms with E-state index in [1.165, 1.54) is 0 Å². The number of nitrogens with two attached hydrogens (primary N) is 1. The number of hydrogen-bond donors (Lipinski definition) is 2. The van der Waals surface area contributed by atoms with E-state index in [0.717, 1.165) is 19.3 Å². The minimum atomic E-state index is -0.513. The third-order valence-electron chi connectivity index (χ3n) is 4.14. The van der Waals surface area contributed by atoms with Gasteiger partial charge in [0, 0.05) is 5.41 Å². The van der Waals surface area contributed by atoms with Gasteiger partial charge in [0.1, 0.15) is 11.4 Å². The van der Waals surface area contributed by atoms with Crippen LogP contribution in [-0.2, 0) is 11.0 Å². The summed E-state index contributed by atoms with van der Waals surface area (Å²) in [7, 11) is 0. The lowest BCUT2D eigenvalue weighted by Gasteiger charge is -2.34. The highest BCUT2D eigenvalue weighted by molar-refractivity contribution is 5.85. The Kier molecular flexibility index (Phi) is 4.38. The Balaban J connectivity index is 0.00000192. The van der Waals surface area contributed by atoms with Gasteiger partial charge in [0.15, 0.2) is 5.82 Å². The van der Waals surface area contributed by atoms with Crippen LogP contribution < -0.4 is 11.3 Å². The summed E-state index contributed by atoms with van der Waals surface area (Å²) in [4.78, 5) is 24.0. The van der Waals surface area contributed by atoms with Crippen molar-refractivity contribution in [1.82, 2.24) is 20.1 Å². The zero-order chi connectivity index (χ0) is 16.1. The van der Waals surface area contributed by atoms with E-state index in [1.54, 1.807) is 6.92 Å². The molecule has 0 unspecified atom stereocenters. The van der Waals surface area contributed by atoms with Gasteiger partial charge in [0.05, 0.1) is 11.2 Å². The molecule has 0 saturated heterocycles. The van der Waals surface area contributed by atoms with E-state index in [0.29, 0.717) is 22.9 Å². The van der Waals surface area contributed by atoms with Crippen LogP contribution in [0.3, 0.4) is 0 Å². The number of aromatic nitrogens is 4. The number of H-pyrrole nitrogens is 1. The summed E-state index contributed by atoms with van der Waals surface area (Å²) >= 11 is 0. The Bertz CT molecular complexity index is 771. The van der Waals surface area contributed by atoms with Crippen molar-refractivity contribution in [3.05, 3.63) is 27.7 Å². The molecule has 0 amide bonds. The molecule has 2 heterocycles. The van der Waals surface area contributed by atoms with Gasteiger partial charge in [0.25, 0.3) is 11.4 Å². The van der Waals surface area contributed by atoms with E-state index in [4.69, 9.17) is 10.3 Å². The highest BCUT2D eigenvalue weighted by Gasteiger charge is 2.39. The van der Waals surface area contributed by atoms with Crippen molar-refractivity contribution in [3.63, 3.8) is 0 Å². The first-order chi connectivity index (χ1) is 10.2. The summed E-state index contributed by atoms with van der Waals surface area (Å²) in [6.45, 7) is 7.74. The molecule has 0 aromatic carbocycles. The minimum absolute atomic E-state index is 0. The molecule has 0 radical (unpaired) electrons. The second-order valence-corrected chi connectivity index (χ2v) is 7.06. The summed E-state index contributed by atoms with van der Waals surface area (Å²) in [5.41, 5.74) is 6.05. The van der Waals surface area contributed by atoms with E-state index in [9.17, 15) is 4.79 Å². The van der Waals surface area contributed by atoms with Gasteiger partial charge in [-0.2, -0.15) is 4.98 Å². The van der Waals surface area contributed by atoms with Crippen molar-refractivity contribution in [2.75, 3.05) is 0 Å². The average Bonchev–Trinajstić information content (AvgIpc) is 2.83. The monoisotopic (exact) mass is 339 g/mol. The maximum absolute atomic E-state index is 12.4. The van der Waals surface area contributed by atoms with E-state index < -0.39 is 5.54 Å². The summed E-state index contributed by atoms with van der Waals surface area (Å²) in [6, 6.07) is 0. The first-order valence-corrected chi connectivity index (χ1v) is 7.45. The normalized spacial score (nSPS) is 16.6. The molecule has 2 aromatic rings. The van der Waals surface area contributed by atoms with Gasteiger partial charge in [0.2, 0.25) is 0 Å². The summed E-state index contributed by atoms with van der Waals surface area (Å²) in [5, 5.41) is 3.95. The molecule has 0 aliphatic heterocycles. The fourth-order valence-corrected chi connectivity index (χ4v) is 2.50. The molecule has 1 saturated carbocycles. The molecule has 1 aliphatic carbocycles. The Morgan fingerprint density at radius 2 is 1.91 bits per heavy atom. The fourth-order valence-electron chi connectivity index (χ4n) is 2.50. The second-order valence-electron chi connectivity index (χ2n) is 7.06. The van der Waals surface area contributed by atoms with Crippen molar-refractivity contribution in [2.45, 2.75) is 57.9 Å². The maximum Gasteiger partial charge on any atom is 0.265 e. The number of hydrogen-bond acceptors (Lipinski definition) is 6. The molecule has 2 aromatic heterocycles. The average molecular weight is 340 g/mol. The number of nitrogens with zero attached hydrogens (tertiary/aromatic N) is 3. The molecule has 0 spiro atoms. The number of nitrogens with one attached hydrogen (secondary N) is 1. The van der Waals surface area contributed by atoms with Gasteiger partial charge >= 0.3 is 0 Å². The molecule has 8 heteroatoms. The number of aromatic amines is 1. The van der Waals surface area contributed by atoms with Crippen LogP contribution >= 0.6 is 12.4 Å². The zero-order valence-corrected chi connectivity index (χ0v) is 14.6. The van der Waals surface area contributed by atoms with Gasteiger partial charge in [-0.1, -0.05) is 25.9 Å². The van der Waals surface area contributed by atoms with Crippen LogP contribution in [0.25, 0.3) is 11.5 Å². The topological polar surface area (TPSA) is 111 Å². The number of rotatable bonds is 2. The Morgan fingerprint density at radius 3 is 2.39 bits per heavy atom. The van der Waals surface area contributed by atoms with Gasteiger partial charge in [-0.15, -0.1) is 12.4 Å². The van der Waals surface area contributed by atoms with Crippen molar-refractivity contribution < 1.29 is 4.52 Å². The third kappa shape index (κ3) is 3.03. The fraction of sp³-hybridized carbons (Fsp3) is 0.600. The predicted molar refractivity (Wildman–Crippen MR) is 88.6 cm³/mol. The lowest BCUT2D eigenvalue weighted by atomic mass is 9.77. The maximum atomic E-state index is 12.4. The molecule has 3 N–H and O–H groups in total. The second kappa shape index (κ2) is 5.72. The third-order valence-corrected chi connectivity index (χ3v) is 4.14. The molecule has 7 nitrogen and oxygen atoms in total. The van der Waals surface area contributed by atoms with Crippen LogP contribution in [-0.4, -0.2) is 20.1 Å². The quantitative estimate of drug-likeness (QED) is 0.867. The largest absolute Gasteiger partial charge is 0.334 e. The van der Waals surface area contributed by atoms with Gasteiger partial charge in [-0.25, -0.2) is 4.98 Å². The van der Waals surface area contributed by atoms with Crippen LogP contribution in [0.15, 0.2) is 9.32 Å². The molecular weight excluding hydrogens is 318 g/mol. The molecule has 1 fully saturated rings. The smallest absolute Gasteiger partial charge is 0.265 e. The lowest BCUT2D eigenvalue weighted by molar-refractivity contribution is 0.229. The molecule has 0 atom stereocenters. The number of aryl methyl sites for hydroxylation is 1. The highest BCUT2D eigenvalue weighted by atomic mass is 35.5. The number of halogens is 1. The molecule has 126 valence electrons. The predicted octanol–water partition coefficient (Wildman–Crippen LogP) is 2.19. The van der Waals surface area contributed by atoms with Crippen LogP contribution in [0, 0.1) is 6.92 Å². The molecule has 23 heavy (non-hydrogen) atoms. The minimum Gasteiger partial charge on any atom is -0.334 e. The zero-order valence-electron chi connectivity index (χ0n) is 13.8. The summed E-state index contributed by atoms with van der Waals surface area (Å²) in [5.74, 6) is 1.28. The van der Waals surface area contributed by atoms with E-state index in [-0.39, 0.29) is 29.3 Å². The Morgan fingerprint density at radius 1 is 1.26 bits per heavy atom. The van der Waals surface area contributed by atoms with E-state index >= 15 is 0 Å². The summed E-state index contributed by atoms with van der Waals surface area (Å²) < 4.78 is 5.26. The van der Waals surface area contributed by atoms with E-state index in [1.807, 2.05) is 20.8 Å². The van der Waals surface area contributed by atoms with Crippen LogP contribution in [0.4, 0.5) is 0 Å². The van der Waals surface area contributed by atoms with Crippen molar-refractivity contribution in [3.8, 4) is 11.5 Å². The van der Waals surface area contributed by atoms with Crippen LogP contribution in [0.2, 0.25) is 0 Å². The first-order valence-electron chi connectivity index (χ1n) is 7.45. The standard InChI is InChI=1S/C15H21N5O2.ClH/c1-8-9(10(21)18-12(17-8)14(2,3)4)11-19-13(20-22-11)15(16)6-5-7-15;/h5-7,16H2,1-4H3,(H,17,18,21);1H. The Hall–Kier alpha value is -1.73. The van der Waals surface area contributed by atoms with Crippen LogP contribution in [0.1, 0.15) is 57.4 Å². The van der Waals surface area contributed by atoms with Gasteiger partial charge < -0.3 is 15.2 Å². The highest BCUT2D eigenvalue weighted by Crippen LogP contribution is 2.37. The van der Waals surface area contributed by atoms with Crippen LogP contribution in [0.5, 0.6) is 0 Å². The van der Waals surface area contributed by atoms with Crippen molar-refractivity contribution >= 4 is 12.4 Å². The molecule has 1 aliphatic rings. The SMILES string of the molecule is Cc1nc(C(C)(C)C)[nH]c(=O)c1-c1nc(C2(N)CCC2)no1.Cl. The van der Waals surface area contributed by atoms with Crippen molar-refractivity contribution in [1.29, 1.82) is 0 Å². The Labute approximate surface area is 140 Å². The lowest BCUT2D eigenvalue weighted by Crippen LogP contribution is -2.44. The van der Waals surface area contributed by atoms with Gasteiger partial charge in [-0.05, 0) is 26.2 Å². The van der Waals surface area contributed by atoms with E-state index in [2.05, 4.69) is 20.1 Å². The molecule has 3 rings (SSSR count). The summed E-state index contributed by atoms with van der Waals surface area (Å²) in [6.07, 6.45) is 2.73. The first kappa shape index (κ1) is 17.6.